The Labute approximate surface area is 123 Å². The van der Waals surface area contributed by atoms with E-state index >= 15 is 0 Å². The molecule has 2 rings (SSSR count). The Hall–Kier alpha value is -2.05. The number of amides is 2. The minimum absolute atomic E-state index is 0.165. The van der Waals surface area contributed by atoms with Crippen molar-refractivity contribution in [3.05, 3.63) is 18.2 Å². The second kappa shape index (κ2) is 6.60. The van der Waals surface area contributed by atoms with E-state index in [9.17, 15) is 14.7 Å². The Balaban J connectivity index is 1.85. The zero-order valence-corrected chi connectivity index (χ0v) is 12.3. The summed E-state index contributed by atoms with van der Waals surface area (Å²) in [6, 6.07) is -0.165. The molecule has 0 aromatic carbocycles. The molecule has 1 aromatic heterocycles. The number of aliphatic carboxylic acids is 1. The topological polar surface area (TPSA) is 98.3 Å². The van der Waals surface area contributed by atoms with E-state index in [-0.39, 0.29) is 6.03 Å². The fourth-order valence-electron chi connectivity index (χ4n) is 2.85. The van der Waals surface area contributed by atoms with Crippen molar-refractivity contribution in [2.75, 3.05) is 13.1 Å². The molecule has 1 aliphatic rings. The minimum atomic E-state index is -0.736. The number of hydrogen-bond acceptors (Lipinski definition) is 3. The summed E-state index contributed by atoms with van der Waals surface area (Å²) in [7, 11) is 0. The smallest absolute Gasteiger partial charge is 0.317 e. The van der Waals surface area contributed by atoms with Crippen molar-refractivity contribution in [2.45, 2.75) is 39.2 Å². The average molecular weight is 294 g/mol. The third-order valence-electron chi connectivity index (χ3n) is 4.15. The summed E-state index contributed by atoms with van der Waals surface area (Å²) < 4.78 is 0. The minimum Gasteiger partial charge on any atom is -0.481 e. The van der Waals surface area contributed by atoms with Gasteiger partial charge < -0.3 is 20.3 Å². The monoisotopic (exact) mass is 294 g/mol. The molecule has 1 fully saturated rings. The fraction of sp³-hybridized carbons (Fsp3) is 0.643. The van der Waals surface area contributed by atoms with Crippen LogP contribution in [0.4, 0.5) is 4.79 Å². The van der Waals surface area contributed by atoms with Gasteiger partial charge in [-0.05, 0) is 19.3 Å². The number of aromatic amines is 1. The summed E-state index contributed by atoms with van der Waals surface area (Å²) in [6.45, 7) is 3.31. The van der Waals surface area contributed by atoms with Crippen LogP contribution >= 0.6 is 0 Å². The molecule has 1 saturated heterocycles. The first-order valence-corrected chi connectivity index (χ1v) is 7.32. The van der Waals surface area contributed by atoms with Gasteiger partial charge in [-0.25, -0.2) is 9.78 Å². The van der Waals surface area contributed by atoms with E-state index in [1.165, 1.54) is 0 Å². The van der Waals surface area contributed by atoms with Crippen LogP contribution in [0.25, 0.3) is 0 Å². The molecule has 3 N–H and O–H groups in total. The quantitative estimate of drug-likeness (QED) is 0.768. The highest BCUT2D eigenvalue weighted by Crippen LogP contribution is 2.36. The maximum atomic E-state index is 12.1. The Kier molecular flexibility index (Phi) is 4.82. The van der Waals surface area contributed by atoms with Gasteiger partial charge >= 0.3 is 12.0 Å². The van der Waals surface area contributed by atoms with E-state index in [1.807, 2.05) is 6.92 Å². The van der Waals surface area contributed by atoms with Crippen LogP contribution in [-0.2, 0) is 11.3 Å². The van der Waals surface area contributed by atoms with Gasteiger partial charge in [0.2, 0.25) is 0 Å². The number of carbonyl (C=O) groups is 2. The van der Waals surface area contributed by atoms with Crippen LogP contribution < -0.4 is 5.32 Å². The molecule has 0 radical (unpaired) electrons. The van der Waals surface area contributed by atoms with E-state index in [1.54, 1.807) is 17.3 Å². The highest BCUT2D eigenvalue weighted by Gasteiger charge is 2.41. The lowest BCUT2D eigenvalue weighted by Gasteiger charge is -2.38. The van der Waals surface area contributed by atoms with Crippen molar-refractivity contribution in [2.24, 2.45) is 5.41 Å². The number of likely N-dealkylation sites (tertiary alicyclic amines) is 1. The number of nitrogens with zero attached hydrogens (tertiary/aromatic N) is 2. The van der Waals surface area contributed by atoms with Crippen LogP contribution in [-0.4, -0.2) is 45.1 Å². The second-order valence-electron chi connectivity index (χ2n) is 5.52. The molecule has 21 heavy (non-hydrogen) atoms. The van der Waals surface area contributed by atoms with E-state index in [4.69, 9.17) is 0 Å². The summed E-state index contributed by atoms with van der Waals surface area (Å²) in [5.41, 5.74) is -0.660. The summed E-state index contributed by atoms with van der Waals surface area (Å²) in [6.07, 6.45) is 5.89. The van der Waals surface area contributed by atoms with E-state index < -0.39 is 11.4 Å². The Morgan fingerprint density at radius 3 is 2.71 bits per heavy atom. The molecule has 2 heterocycles. The summed E-state index contributed by atoms with van der Waals surface area (Å²) in [4.78, 5) is 32.2. The van der Waals surface area contributed by atoms with Gasteiger partial charge in [0.1, 0.15) is 5.82 Å². The molecule has 0 saturated carbocycles. The number of hydrogen-bond donors (Lipinski definition) is 3. The lowest BCUT2D eigenvalue weighted by molar-refractivity contribution is -0.152. The molecule has 2 amide bonds. The number of H-pyrrole nitrogens is 1. The van der Waals surface area contributed by atoms with Crippen LogP contribution in [0.5, 0.6) is 0 Å². The lowest BCUT2D eigenvalue weighted by Crippen LogP contribution is -2.49. The van der Waals surface area contributed by atoms with Gasteiger partial charge in [0, 0.05) is 25.5 Å². The summed E-state index contributed by atoms with van der Waals surface area (Å²) >= 11 is 0. The van der Waals surface area contributed by atoms with Crippen molar-refractivity contribution in [1.29, 1.82) is 0 Å². The normalized spacial score (nSPS) is 17.5. The average Bonchev–Trinajstić information content (AvgIpc) is 2.99. The predicted molar refractivity (Wildman–Crippen MR) is 76.6 cm³/mol. The predicted octanol–water partition coefficient (Wildman–Crippen LogP) is 1.59. The van der Waals surface area contributed by atoms with Gasteiger partial charge in [-0.15, -0.1) is 0 Å². The Morgan fingerprint density at radius 2 is 2.19 bits per heavy atom. The zero-order chi connectivity index (χ0) is 15.3. The molecular formula is C14H22N4O3. The zero-order valence-electron chi connectivity index (χ0n) is 12.3. The van der Waals surface area contributed by atoms with Gasteiger partial charge in [0.05, 0.1) is 12.0 Å². The number of piperidine rings is 1. The van der Waals surface area contributed by atoms with Gasteiger partial charge in [-0.2, -0.15) is 0 Å². The number of imidazole rings is 1. The number of rotatable bonds is 5. The molecule has 116 valence electrons. The third kappa shape index (κ3) is 3.53. The van der Waals surface area contributed by atoms with Crippen molar-refractivity contribution >= 4 is 12.0 Å². The standard InChI is InChI=1S/C14H22N4O3/c1-2-3-14(12(19)20)4-8-18(9-5-14)13(21)17-10-11-15-6-7-16-11/h6-7H,2-5,8-10H2,1H3,(H,15,16)(H,17,21)(H,19,20). The van der Waals surface area contributed by atoms with Gasteiger partial charge in [0.15, 0.2) is 0 Å². The second-order valence-corrected chi connectivity index (χ2v) is 5.52. The first kappa shape index (κ1) is 15.3. The first-order chi connectivity index (χ1) is 10.1. The first-order valence-electron chi connectivity index (χ1n) is 7.32. The number of carboxylic acid groups (broad SMARTS) is 1. The molecule has 0 spiro atoms. The molecule has 1 aliphatic heterocycles. The fourth-order valence-corrected chi connectivity index (χ4v) is 2.85. The molecule has 1 aromatic rings. The molecule has 7 nitrogen and oxygen atoms in total. The third-order valence-corrected chi connectivity index (χ3v) is 4.15. The lowest BCUT2D eigenvalue weighted by atomic mass is 9.75. The summed E-state index contributed by atoms with van der Waals surface area (Å²) in [5, 5.41) is 12.2. The molecular weight excluding hydrogens is 272 g/mol. The highest BCUT2D eigenvalue weighted by molar-refractivity contribution is 5.77. The van der Waals surface area contributed by atoms with Gasteiger partial charge in [0.25, 0.3) is 0 Å². The molecule has 0 unspecified atom stereocenters. The maximum absolute atomic E-state index is 12.1. The van der Waals surface area contributed by atoms with Crippen LogP contribution in [0.15, 0.2) is 12.4 Å². The van der Waals surface area contributed by atoms with Crippen LogP contribution in [0, 0.1) is 5.41 Å². The number of aromatic nitrogens is 2. The summed E-state index contributed by atoms with van der Waals surface area (Å²) in [5.74, 6) is -0.0359. The Bertz CT molecular complexity index is 478. The number of carbonyl (C=O) groups excluding carboxylic acids is 1. The van der Waals surface area contributed by atoms with Gasteiger partial charge in [-0.1, -0.05) is 13.3 Å². The maximum Gasteiger partial charge on any atom is 0.317 e. The van der Waals surface area contributed by atoms with Crippen molar-refractivity contribution in [3.63, 3.8) is 0 Å². The van der Waals surface area contributed by atoms with E-state index in [0.717, 1.165) is 6.42 Å². The highest BCUT2D eigenvalue weighted by atomic mass is 16.4. The molecule has 7 heteroatoms. The van der Waals surface area contributed by atoms with Crippen molar-refractivity contribution < 1.29 is 14.7 Å². The molecule has 0 bridgehead atoms. The largest absolute Gasteiger partial charge is 0.481 e. The molecule has 0 atom stereocenters. The van der Waals surface area contributed by atoms with Crippen LogP contribution in [0.2, 0.25) is 0 Å². The Morgan fingerprint density at radius 1 is 1.48 bits per heavy atom. The van der Waals surface area contributed by atoms with Crippen LogP contribution in [0.3, 0.4) is 0 Å². The number of carboxylic acids is 1. The van der Waals surface area contributed by atoms with E-state index in [2.05, 4.69) is 15.3 Å². The number of urea groups is 1. The van der Waals surface area contributed by atoms with E-state index in [0.29, 0.717) is 44.7 Å². The van der Waals surface area contributed by atoms with Gasteiger partial charge in [-0.3, -0.25) is 4.79 Å². The SMILES string of the molecule is CCCC1(C(=O)O)CCN(C(=O)NCc2ncc[nH]2)CC1. The number of nitrogens with one attached hydrogen (secondary N) is 2. The van der Waals surface area contributed by atoms with Crippen LogP contribution in [0.1, 0.15) is 38.4 Å². The van der Waals surface area contributed by atoms with Crippen molar-refractivity contribution in [3.8, 4) is 0 Å². The molecule has 0 aliphatic carbocycles. The van der Waals surface area contributed by atoms with Crippen molar-refractivity contribution in [1.82, 2.24) is 20.2 Å².